The Bertz CT molecular complexity index is 685. The van der Waals surface area contributed by atoms with Crippen LogP contribution in [0.2, 0.25) is 0 Å². The second kappa shape index (κ2) is 7.23. The van der Waals surface area contributed by atoms with Crippen LogP contribution in [0.3, 0.4) is 0 Å². The van der Waals surface area contributed by atoms with Gasteiger partial charge in [0.1, 0.15) is 5.82 Å². The summed E-state index contributed by atoms with van der Waals surface area (Å²) < 4.78 is 11.3. The summed E-state index contributed by atoms with van der Waals surface area (Å²) in [6.07, 6.45) is 5.28. The summed E-state index contributed by atoms with van der Waals surface area (Å²) in [7, 11) is 1.77. The minimum atomic E-state index is -0.194. The van der Waals surface area contributed by atoms with Gasteiger partial charge in [-0.3, -0.25) is 4.98 Å². The van der Waals surface area contributed by atoms with Gasteiger partial charge in [-0.05, 0) is 26.0 Å². The third-order valence-electron chi connectivity index (χ3n) is 4.74. The smallest absolute Gasteiger partial charge is 0.161 e. The molecule has 24 heavy (non-hydrogen) atoms. The number of hydrogen-bond acceptors (Lipinski definition) is 6. The molecule has 128 valence electrons. The molecule has 0 spiro atoms. The Morgan fingerprint density at radius 1 is 1.17 bits per heavy atom. The molecular weight excluding hydrogens is 304 g/mol. The van der Waals surface area contributed by atoms with Crippen molar-refractivity contribution in [3.05, 3.63) is 35.8 Å². The maximum absolute atomic E-state index is 5.79. The summed E-state index contributed by atoms with van der Waals surface area (Å²) in [5.41, 5.74) is 2.80. The maximum atomic E-state index is 5.79. The van der Waals surface area contributed by atoms with Gasteiger partial charge in [0.15, 0.2) is 5.82 Å². The molecule has 6 heteroatoms. The van der Waals surface area contributed by atoms with Gasteiger partial charge in [-0.2, -0.15) is 0 Å². The summed E-state index contributed by atoms with van der Waals surface area (Å²) >= 11 is 0. The number of nitrogens with one attached hydrogen (secondary N) is 1. The lowest BCUT2D eigenvalue weighted by Crippen LogP contribution is -2.44. The van der Waals surface area contributed by atoms with Gasteiger partial charge in [0.25, 0.3) is 0 Å². The molecule has 6 nitrogen and oxygen atoms in total. The SMILES string of the molecule is COC1(CNc2nc(-c3ccncc3)nc(C)c2C)CCOCC1. The first-order valence-corrected chi connectivity index (χ1v) is 8.26. The fourth-order valence-electron chi connectivity index (χ4n) is 2.87. The average molecular weight is 328 g/mol. The van der Waals surface area contributed by atoms with Crippen LogP contribution >= 0.6 is 0 Å². The van der Waals surface area contributed by atoms with E-state index >= 15 is 0 Å². The van der Waals surface area contributed by atoms with Crippen LogP contribution in [0.5, 0.6) is 0 Å². The van der Waals surface area contributed by atoms with E-state index < -0.39 is 0 Å². The van der Waals surface area contributed by atoms with Crippen molar-refractivity contribution in [2.75, 3.05) is 32.2 Å². The number of pyridine rings is 1. The van der Waals surface area contributed by atoms with Crippen LogP contribution in [-0.4, -0.2) is 47.4 Å². The minimum Gasteiger partial charge on any atom is -0.381 e. The zero-order valence-corrected chi connectivity index (χ0v) is 14.5. The highest BCUT2D eigenvalue weighted by molar-refractivity contribution is 5.59. The second-order valence-corrected chi connectivity index (χ2v) is 6.20. The molecule has 1 N–H and O–H groups in total. The number of aryl methyl sites for hydroxylation is 1. The van der Waals surface area contributed by atoms with E-state index in [1.165, 1.54) is 0 Å². The number of ether oxygens (including phenoxy) is 2. The van der Waals surface area contributed by atoms with Crippen molar-refractivity contribution in [2.45, 2.75) is 32.3 Å². The summed E-state index contributed by atoms with van der Waals surface area (Å²) in [6.45, 7) is 6.23. The normalized spacial score (nSPS) is 16.8. The molecule has 0 atom stereocenters. The zero-order valence-electron chi connectivity index (χ0n) is 14.5. The first-order chi connectivity index (χ1) is 11.6. The van der Waals surface area contributed by atoms with Crippen LogP contribution in [0.25, 0.3) is 11.4 Å². The third-order valence-corrected chi connectivity index (χ3v) is 4.74. The fraction of sp³-hybridized carbons (Fsp3) is 0.500. The molecule has 1 saturated heterocycles. The van der Waals surface area contributed by atoms with Crippen molar-refractivity contribution in [3.8, 4) is 11.4 Å². The van der Waals surface area contributed by atoms with Crippen LogP contribution in [0.15, 0.2) is 24.5 Å². The Hall–Kier alpha value is -2.05. The quantitative estimate of drug-likeness (QED) is 0.910. The van der Waals surface area contributed by atoms with Gasteiger partial charge in [-0.1, -0.05) is 0 Å². The lowest BCUT2D eigenvalue weighted by Gasteiger charge is -2.36. The molecular formula is C18H24N4O2. The summed E-state index contributed by atoms with van der Waals surface area (Å²) in [4.78, 5) is 13.4. The molecule has 2 aromatic rings. The number of rotatable bonds is 5. The third kappa shape index (κ3) is 3.55. The molecule has 1 fully saturated rings. The van der Waals surface area contributed by atoms with Gasteiger partial charge in [-0.15, -0.1) is 0 Å². The Morgan fingerprint density at radius 3 is 2.54 bits per heavy atom. The van der Waals surface area contributed by atoms with E-state index in [1.807, 2.05) is 26.0 Å². The topological polar surface area (TPSA) is 69.2 Å². The van der Waals surface area contributed by atoms with Crippen molar-refractivity contribution < 1.29 is 9.47 Å². The minimum absolute atomic E-state index is 0.194. The van der Waals surface area contributed by atoms with Crippen LogP contribution in [0.4, 0.5) is 5.82 Å². The predicted molar refractivity (Wildman–Crippen MR) is 93.0 cm³/mol. The van der Waals surface area contributed by atoms with Crippen LogP contribution in [0.1, 0.15) is 24.1 Å². The highest BCUT2D eigenvalue weighted by Gasteiger charge is 2.32. The Morgan fingerprint density at radius 2 is 1.88 bits per heavy atom. The van der Waals surface area contributed by atoms with Gasteiger partial charge in [-0.25, -0.2) is 9.97 Å². The summed E-state index contributed by atoms with van der Waals surface area (Å²) in [6, 6.07) is 3.84. The van der Waals surface area contributed by atoms with E-state index in [0.29, 0.717) is 12.4 Å². The number of hydrogen-bond donors (Lipinski definition) is 1. The van der Waals surface area contributed by atoms with E-state index in [1.54, 1.807) is 19.5 Å². The highest BCUT2D eigenvalue weighted by Crippen LogP contribution is 2.27. The van der Waals surface area contributed by atoms with E-state index in [4.69, 9.17) is 14.5 Å². The summed E-state index contributed by atoms with van der Waals surface area (Å²) in [5.74, 6) is 1.57. The highest BCUT2D eigenvalue weighted by atomic mass is 16.5. The van der Waals surface area contributed by atoms with Crippen molar-refractivity contribution in [3.63, 3.8) is 0 Å². The largest absolute Gasteiger partial charge is 0.381 e. The number of aromatic nitrogens is 3. The Labute approximate surface area is 142 Å². The van der Waals surface area contributed by atoms with E-state index in [-0.39, 0.29) is 5.60 Å². The summed E-state index contributed by atoms with van der Waals surface area (Å²) in [5, 5.41) is 3.48. The van der Waals surface area contributed by atoms with E-state index in [0.717, 1.165) is 48.7 Å². The average Bonchev–Trinajstić information content (AvgIpc) is 2.64. The Kier molecular flexibility index (Phi) is 5.06. The predicted octanol–water partition coefficient (Wildman–Crippen LogP) is 2.76. The molecule has 0 radical (unpaired) electrons. The lowest BCUT2D eigenvalue weighted by atomic mass is 9.94. The van der Waals surface area contributed by atoms with Crippen LogP contribution in [0, 0.1) is 13.8 Å². The van der Waals surface area contributed by atoms with Crippen molar-refractivity contribution in [1.82, 2.24) is 15.0 Å². The lowest BCUT2D eigenvalue weighted by molar-refractivity contribution is -0.0807. The molecule has 0 bridgehead atoms. The van der Waals surface area contributed by atoms with Crippen molar-refractivity contribution in [1.29, 1.82) is 0 Å². The standard InChI is InChI=1S/C18H24N4O2/c1-13-14(2)21-17(15-4-8-19-9-5-15)22-16(13)20-12-18(23-3)6-10-24-11-7-18/h4-5,8-9H,6-7,10-12H2,1-3H3,(H,20,21,22). The van der Waals surface area contributed by atoms with Crippen LogP contribution in [-0.2, 0) is 9.47 Å². The van der Waals surface area contributed by atoms with E-state index in [2.05, 4.69) is 15.3 Å². The molecule has 0 aliphatic carbocycles. The maximum Gasteiger partial charge on any atom is 0.161 e. The second-order valence-electron chi connectivity index (χ2n) is 6.20. The van der Waals surface area contributed by atoms with Crippen molar-refractivity contribution in [2.24, 2.45) is 0 Å². The number of nitrogens with zero attached hydrogens (tertiary/aromatic N) is 3. The molecule has 3 rings (SSSR count). The molecule has 1 aliphatic rings. The van der Waals surface area contributed by atoms with Gasteiger partial charge in [0, 0.05) is 68.9 Å². The van der Waals surface area contributed by atoms with Gasteiger partial charge >= 0.3 is 0 Å². The van der Waals surface area contributed by atoms with Gasteiger partial charge < -0.3 is 14.8 Å². The van der Waals surface area contributed by atoms with Gasteiger partial charge in [0.2, 0.25) is 0 Å². The molecule has 0 amide bonds. The molecule has 0 aromatic carbocycles. The molecule has 3 heterocycles. The molecule has 2 aromatic heterocycles. The first kappa shape index (κ1) is 16.8. The fourth-order valence-corrected chi connectivity index (χ4v) is 2.87. The zero-order chi connectivity index (χ0) is 17.0. The van der Waals surface area contributed by atoms with E-state index in [9.17, 15) is 0 Å². The first-order valence-electron chi connectivity index (χ1n) is 8.26. The number of anilines is 1. The molecule has 0 unspecified atom stereocenters. The monoisotopic (exact) mass is 328 g/mol. The van der Waals surface area contributed by atoms with Gasteiger partial charge in [0.05, 0.1) is 5.60 Å². The number of methoxy groups -OCH3 is 1. The Balaban J connectivity index is 1.83. The van der Waals surface area contributed by atoms with Crippen molar-refractivity contribution >= 4 is 5.82 Å². The molecule has 0 saturated carbocycles. The van der Waals surface area contributed by atoms with Crippen LogP contribution < -0.4 is 5.32 Å². The molecule has 1 aliphatic heterocycles.